The van der Waals surface area contributed by atoms with Gasteiger partial charge in [-0.1, -0.05) is 47.5 Å². The SMILES string of the molecule is O=C(Nc1ccccc1)/C(=C\c1cccnc1Cl)C(=O)Nc1cc([N+](=O)[O-])cc(Cl)c1O. The summed E-state index contributed by atoms with van der Waals surface area (Å²) >= 11 is 11.9. The average Bonchev–Trinajstić information content (AvgIpc) is 2.76. The fourth-order valence-electron chi connectivity index (χ4n) is 2.59. The van der Waals surface area contributed by atoms with Gasteiger partial charge in [0.1, 0.15) is 10.7 Å². The topological polar surface area (TPSA) is 134 Å². The number of phenols is 1. The first-order chi connectivity index (χ1) is 15.3. The Hall–Kier alpha value is -3.95. The second-order valence-electron chi connectivity index (χ2n) is 6.30. The van der Waals surface area contributed by atoms with E-state index in [4.69, 9.17) is 23.2 Å². The summed E-state index contributed by atoms with van der Waals surface area (Å²) in [5.41, 5.74) is -0.494. The monoisotopic (exact) mass is 472 g/mol. The number of phenolic OH excluding ortho intramolecular Hbond substituents is 1. The van der Waals surface area contributed by atoms with Crippen LogP contribution in [0.4, 0.5) is 17.1 Å². The predicted molar refractivity (Wildman–Crippen MR) is 121 cm³/mol. The molecule has 9 nitrogen and oxygen atoms in total. The molecule has 0 atom stereocenters. The number of halogens is 2. The third-order valence-electron chi connectivity index (χ3n) is 4.12. The maximum Gasteiger partial charge on any atom is 0.273 e. The third-order valence-corrected chi connectivity index (χ3v) is 4.72. The van der Waals surface area contributed by atoms with Crippen molar-refractivity contribution < 1.29 is 19.6 Å². The Morgan fingerprint density at radius 2 is 1.72 bits per heavy atom. The number of benzene rings is 2. The quantitative estimate of drug-likeness (QED) is 0.0907. The summed E-state index contributed by atoms with van der Waals surface area (Å²) in [6.07, 6.45) is 2.64. The van der Waals surface area contributed by atoms with Gasteiger partial charge >= 0.3 is 0 Å². The number of nitro groups is 1. The maximum atomic E-state index is 13.0. The molecule has 3 rings (SSSR count). The number of para-hydroxylation sites is 1. The number of carbonyl (C=O) groups excluding carboxylic acids is 2. The molecule has 0 saturated heterocycles. The minimum atomic E-state index is -0.967. The number of rotatable bonds is 6. The molecule has 11 heteroatoms. The van der Waals surface area contributed by atoms with Crippen molar-refractivity contribution in [3.63, 3.8) is 0 Å². The van der Waals surface area contributed by atoms with E-state index in [1.54, 1.807) is 42.5 Å². The van der Waals surface area contributed by atoms with E-state index in [0.29, 0.717) is 5.69 Å². The van der Waals surface area contributed by atoms with E-state index < -0.39 is 33.7 Å². The molecule has 0 unspecified atom stereocenters. The number of nitrogens with one attached hydrogen (secondary N) is 2. The molecule has 32 heavy (non-hydrogen) atoms. The average molecular weight is 473 g/mol. The van der Waals surface area contributed by atoms with E-state index in [1.807, 2.05) is 0 Å². The summed E-state index contributed by atoms with van der Waals surface area (Å²) in [5.74, 6) is -2.34. The smallest absolute Gasteiger partial charge is 0.273 e. The van der Waals surface area contributed by atoms with Crippen LogP contribution < -0.4 is 10.6 Å². The van der Waals surface area contributed by atoms with Gasteiger partial charge in [0.05, 0.1) is 15.6 Å². The van der Waals surface area contributed by atoms with Crippen LogP contribution in [0.1, 0.15) is 5.56 Å². The van der Waals surface area contributed by atoms with Crippen LogP contribution in [0.15, 0.2) is 66.4 Å². The highest BCUT2D eigenvalue weighted by Crippen LogP contribution is 2.36. The van der Waals surface area contributed by atoms with Gasteiger partial charge in [0.2, 0.25) is 0 Å². The molecule has 1 aromatic heterocycles. The third kappa shape index (κ3) is 5.39. The minimum Gasteiger partial charge on any atom is -0.504 e. The van der Waals surface area contributed by atoms with Crippen LogP contribution in [-0.2, 0) is 9.59 Å². The number of hydrogen-bond donors (Lipinski definition) is 3. The molecule has 0 fully saturated rings. The molecule has 2 amide bonds. The molecule has 0 radical (unpaired) electrons. The van der Waals surface area contributed by atoms with Gasteiger partial charge in [0, 0.05) is 29.6 Å². The molecule has 2 aromatic carbocycles. The number of hydrogen-bond acceptors (Lipinski definition) is 6. The fourth-order valence-corrected chi connectivity index (χ4v) is 2.98. The van der Waals surface area contributed by atoms with Crippen molar-refractivity contribution in [2.24, 2.45) is 0 Å². The van der Waals surface area contributed by atoms with Crippen molar-refractivity contribution in [1.82, 2.24) is 4.98 Å². The molecule has 0 bridgehead atoms. The maximum absolute atomic E-state index is 13.0. The fraction of sp³-hybridized carbons (Fsp3) is 0. The molecule has 1 heterocycles. The van der Waals surface area contributed by atoms with Crippen molar-refractivity contribution in [3.8, 4) is 5.75 Å². The zero-order valence-corrected chi connectivity index (χ0v) is 17.6. The van der Waals surface area contributed by atoms with Gasteiger partial charge in [-0.25, -0.2) is 4.98 Å². The van der Waals surface area contributed by atoms with Gasteiger partial charge < -0.3 is 15.7 Å². The van der Waals surface area contributed by atoms with Gasteiger partial charge in [-0.05, 0) is 24.3 Å². The van der Waals surface area contributed by atoms with Crippen molar-refractivity contribution in [2.45, 2.75) is 0 Å². The Balaban J connectivity index is 2.00. The Bertz CT molecular complexity index is 1230. The second kappa shape index (κ2) is 9.90. The van der Waals surface area contributed by atoms with Gasteiger partial charge in [0.25, 0.3) is 17.5 Å². The standard InChI is InChI=1S/C21H14Cl2N4O5/c22-16-10-14(27(31)32)11-17(18(16)28)26-21(30)15(9-12-5-4-8-24-19(12)23)20(29)25-13-6-2-1-3-7-13/h1-11,28H,(H,25,29)(H,26,30)/b15-9+. The van der Waals surface area contributed by atoms with Gasteiger partial charge in [-0.15, -0.1) is 0 Å². The van der Waals surface area contributed by atoms with Gasteiger partial charge in [0.15, 0.2) is 5.75 Å². The second-order valence-corrected chi connectivity index (χ2v) is 7.06. The Morgan fingerprint density at radius 1 is 1.03 bits per heavy atom. The zero-order valence-electron chi connectivity index (χ0n) is 16.1. The lowest BCUT2D eigenvalue weighted by molar-refractivity contribution is -0.384. The number of pyridine rings is 1. The van der Waals surface area contributed by atoms with Crippen LogP contribution in [-0.4, -0.2) is 26.8 Å². The number of nitrogens with zero attached hydrogens (tertiary/aromatic N) is 2. The van der Waals surface area contributed by atoms with E-state index in [0.717, 1.165) is 12.1 Å². The zero-order chi connectivity index (χ0) is 23.3. The summed E-state index contributed by atoms with van der Waals surface area (Å²) in [5, 5.41) is 25.8. The normalized spacial score (nSPS) is 11.0. The number of anilines is 2. The summed E-state index contributed by atoms with van der Waals surface area (Å²) in [4.78, 5) is 40.1. The van der Waals surface area contributed by atoms with E-state index in [9.17, 15) is 24.8 Å². The lowest BCUT2D eigenvalue weighted by Crippen LogP contribution is -2.25. The Labute approximate surface area is 191 Å². The summed E-state index contributed by atoms with van der Waals surface area (Å²) in [6, 6.07) is 13.3. The Morgan fingerprint density at radius 3 is 2.38 bits per heavy atom. The highest BCUT2D eigenvalue weighted by atomic mass is 35.5. The highest BCUT2D eigenvalue weighted by Gasteiger charge is 2.23. The molecule has 0 aliphatic heterocycles. The van der Waals surface area contributed by atoms with E-state index in [-0.39, 0.29) is 21.4 Å². The van der Waals surface area contributed by atoms with Crippen LogP contribution in [0.5, 0.6) is 5.75 Å². The van der Waals surface area contributed by atoms with Crippen molar-refractivity contribution in [3.05, 3.63) is 92.2 Å². The van der Waals surface area contributed by atoms with Crippen molar-refractivity contribution in [1.29, 1.82) is 0 Å². The summed E-state index contributed by atoms with van der Waals surface area (Å²) in [6.45, 7) is 0. The van der Waals surface area contributed by atoms with Crippen LogP contribution in [0, 0.1) is 10.1 Å². The van der Waals surface area contributed by atoms with Crippen molar-refractivity contribution in [2.75, 3.05) is 10.6 Å². The molecule has 0 aliphatic rings. The molecular weight excluding hydrogens is 459 g/mol. The van der Waals surface area contributed by atoms with Crippen LogP contribution >= 0.6 is 23.2 Å². The molecule has 0 aliphatic carbocycles. The minimum absolute atomic E-state index is 0.0477. The number of nitro benzene ring substituents is 1. The first-order valence-electron chi connectivity index (χ1n) is 8.93. The number of aromatic hydroxyl groups is 1. The number of carbonyl (C=O) groups is 2. The molecule has 0 saturated carbocycles. The molecule has 3 N–H and O–H groups in total. The number of aromatic nitrogens is 1. The van der Waals surface area contributed by atoms with Gasteiger partial charge in [-0.3, -0.25) is 19.7 Å². The highest BCUT2D eigenvalue weighted by molar-refractivity contribution is 6.34. The predicted octanol–water partition coefficient (Wildman–Crippen LogP) is 4.66. The van der Waals surface area contributed by atoms with E-state index in [1.165, 1.54) is 12.3 Å². The molecular formula is C21H14Cl2N4O5. The van der Waals surface area contributed by atoms with Crippen LogP contribution in [0.3, 0.4) is 0 Å². The van der Waals surface area contributed by atoms with E-state index in [2.05, 4.69) is 15.6 Å². The van der Waals surface area contributed by atoms with Crippen LogP contribution in [0.2, 0.25) is 10.2 Å². The first-order valence-corrected chi connectivity index (χ1v) is 9.68. The lowest BCUT2D eigenvalue weighted by Gasteiger charge is -2.12. The lowest BCUT2D eigenvalue weighted by atomic mass is 10.1. The summed E-state index contributed by atoms with van der Waals surface area (Å²) < 4.78 is 0. The molecule has 3 aromatic rings. The summed E-state index contributed by atoms with van der Waals surface area (Å²) in [7, 11) is 0. The van der Waals surface area contributed by atoms with Crippen molar-refractivity contribution >= 4 is 58.2 Å². The molecule has 0 spiro atoms. The van der Waals surface area contributed by atoms with E-state index >= 15 is 0 Å². The number of amides is 2. The Kier molecular flexibility index (Phi) is 7.04. The number of non-ortho nitro benzene ring substituents is 1. The van der Waals surface area contributed by atoms with Crippen LogP contribution in [0.25, 0.3) is 6.08 Å². The largest absolute Gasteiger partial charge is 0.504 e. The molecule has 162 valence electrons. The first kappa shape index (κ1) is 22.7. The van der Waals surface area contributed by atoms with Gasteiger partial charge in [-0.2, -0.15) is 0 Å².